The van der Waals surface area contributed by atoms with Crippen LogP contribution in [0.4, 0.5) is 5.69 Å². The minimum atomic E-state index is -1.05. The maximum atomic E-state index is 12.5. The van der Waals surface area contributed by atoms with Crippen LogP contribution in [-0.2, 0) is 0 Å². The number of benzene rings is 2. The fraction of sp³-hybridized carbons (Fsp3) is 0.0556. The minimum Gasteiger partial charge on any atom is -0.478 e. The SMILES string of the molecule is Cc1ccc(C(=O)O)cc1NC(=S)NC(=O)c1sc2cc(Cl)ccc2c1Cl. The van der Waals surface area contributed by atoms with Gasteiger partial charge in [-0.15, -0.1) is 11.3 Å². The number of amides is 1. The van der Waals surface area contributed by atoms with Crippen molar-refractivity contribution in [2.75, 3.05) is 5.32 Å². The number of fused-ring (bicyclic) bond motifs is 1. The van der Waals surface area contributed by atoms with Crippen molar-refractivity contribution >= 4 is 79.5 Å². The molecule has 3 rings (SSSR count). The number of carboxylic acids is 1. The van der Waals surface area contributed by atoms with Gasteiger partial charge in [0.25, 0.3) is 5.91 Å². The number of carbonyl (C=O) groups is 2. The maximum absolute atomic E-state index is 12.5. The number of rotatable bonds is 3. The number of carboxylic acid groups (broad SMARTS) is 1. The lowest BCUT2D eigenvalue weighted by Gasteiger charge is -2.12. The number of aryl methyl sites for hydroxylation is 1. The molecule has 0 fully saturated rings. The molecule has 9 heteroatoms. The van der Waals surface area contributed by atoms with Crippen molar-refractivity contribution in [1.29, 1.82) is 0 Å². The molecule has 3 aromatic rings. The monoisotopic (exact) mass is 438 g/mol. The van der Waals surface area contributed by atoms with E-state index in [9.17, 15) is 9.59 Å². The van der Waals surface area contributed by atoms with Gasteiger partial charge in [0.05, 0.1) is 10.6 Å². The molecule has 0 aliphatic heterocycles. The van der Waals surface area contributed by atoms with Gasteiger partial charge in [-0.25, -0.2) is 4.79 Å². The van der Waals surface area contributed by atoms with Gasteiger partial charge in [0.2, 0.25) is 0 Å². The van der Waals surface area contributed by atoms with Crippen molar-refractivity contribution < 1.29 is 14.7 Å². The highest BCUT2D eigenvalue weighted by Gasteiger charge is 2.18. The number of nitrogens with one attached hydrogen (secondary N) is 2. The Hall–Kier alpha value is -2.19. The molecule has 0 atom stereocenters. The third kappa shape index (κ3) is 4.22. The summed E-state index contributed by atoms with van der Waals surface area (Å²) < 4.78 is 0.793. The predicted molar refractivity (Wildman–Crippen MR) is 114 cm³/mol. The molecule has 0 radical (unpaired) electrons. The van der Waals surface area contributed by atoms with E-state index in [-0.39, 0.29) is 10.7 Å². The Kier molecular flexibility index (Phi) is 5.67. The molecule has 0 saturated carbocycles. The van der Waals surface area contributed by atoms with Crippen LogP contribution in [0.3, 0.4) is 0 Å². The van der Waals surface area contributed by atoms with E-state index in [1.165, 1.54) is 23.5 Å². The Morgan fingerprint density at radius 2 is 1.89 bits per heavy atom. The number of hydrogen-bond donors (Lipinski definition) is 3. The number of halogens is 2. The normalized spacial score (nSPS) is 10.6. The first-order valence-corrected chi connectivity index (χ1v) is 9.58. The summed E-state index contributed by atoms with van der Waals surface area (Å²) in [6.45, 7) is 1.80. The summed E-state index contributed by atoms with van der Waals surface area (Å²) in [5.74, 6) is -1.51. The number of carbonyl (C=O) groups excluding carboxylic acids is 1. The quantitative estimate of drug-likeness (QED) is 0.480. The zero-order valence-corrected chi connectivity index (χ0v) is 16.9. The summed E-state index contributed by atoms with van der Waals surface area (Å²) >= 11 is 18.7. The van der Waals surface area contributed by atoms with Gasteiger partial charge in [-0.1, -0.05) is 35.3 Å². The van der Waals surface area contributed by atoms with Crippen LogP contribution in [0.5, 0.6) is 0 Å². The standard InChI is InChI=1S/C18H12Cl2N2O3S2/c1-8-2-3-9(17(24)25)6-12(8)21-18(26)22-16(23)15-14(20)11-5-4-10(19)7-13(11)27-15/h2-7H,1H3,(H,24,25)(H2,21,22,23,26). The summed E-state index contributed by atoms with van der Waals surface area (Å²) in [6, 6.07) is 9.79. The van der Waals surface area contributed by atoms with E-state index < -0.39 is 11.9 Å². The first kappa shape index (κ1) is 19.6. The van der Waals surface area contributed by atoms with Crippen LogP contribution in [0.1, 0.15) is 25.6 Å². The fourth-order valence-electron chi connectivity index (χ4n) is 2.39. The van der Waals surface area contributed by atoms with Crippen molar-refractivity contribution in [2.45, 2.75) is 6.92 Å². The Labute approximate surface area is 173 Å². The van der Waals surface area contributed by atoms with Crippen molar-refractivity contribution in [1.82, 2.24) is 5.32 Å². The molecule has 3 N–H and O–H groups in total. The molecular formula is C18H12Cl2N2O3S2. The zero-order chi connectivity index (χ0) is 19.7. The number of hydrogen-bond acceptors (Lipinski definition) is 4. The molecule has 2 aromatic carbocycles. The van der Waals surface area contributed by atoms with Crippen LogP contribution in [0, 0.1) is 6.92 Å². The van der Waals surface area contributed by atoms with Crippen LogP contribution in [0.2, 0.25) is 10.0 Å². The first-order valence-electron chi connectivity index (χ1n) is 7.60. The van der Waals surface area contributed by atoms with E-state index in [1.807, 2.05) is 0 Å². The van der Waals surface area contributed by atoms with Crippen LogP contribution in [0.15, 0.2) is 36.4 Å². The summed E-state index contributed by atoms with van der Waals surface area (Å²) in [7, 11) is 0. The lowest BCUT2D eigenvalue weighted by atomic mass is 10.1. The molecule has 0 unspecified atom stereocenters. The van der Waals surface area contributed by atoms with Gasteiger partial charge < -0.3 is 10.4 Å². The Morgan fingerprint density at radius 3 is 2.59 bits per heavy atom. The van der Waals surface area contributed by atoms with Gasteiger partial charge in [0.15, 0.2) is 5.11 Å². The predicted octanol–water partition coefficient (Wildman–Crippen LogP) is 5.34. The molecule has 1 amide bonds. The topological polar surface area (TPSA) is 78.4 Å². The summed E-state index contributed by atoms with van der Waals surface area (Å²) in [4.78, 5) is 24.0. The molecule has 0 spiro atoms. The van der Waals surface area contributed by atoms with Gasteiger partial charge in [0, 0.05) is 20.8 Å². The summed E-state index contributed by atoms with van der Waals surface area (Å²) in [6.07, 6.45) is 0. The molecule has 0 aliphatic rings. The molecule has 0 bridgehead atoms. The van der Waals surface area contributed by atoms with E-state index in [1.54, 1.807) is 31.2 Å². The van der Waals surface area contributed by atoms with Crippen molar-refractivity contribution in [3.63, 3.8) is 0 Å². The van der Waals surface area contributed by atoms with Crippen LogP contribution in [0.25, 0.3) is 10.1 Å². The van der Waals surface area contributed by atoms with E-state index in [4.69, 9.17) is 40.5 Å². The number of aromatic carboxylic acids is 1. The Morgan fingerprint density at radius 1 is 1.15 bits per heavy atom. The summed E-state index contributed by atoms with van der Waals surface area (Å²) in [5, 5.41) is 16.2. The number of thiophene rings is 1. The smallest absolute Gasteiger partial charge is 0.335 e. The Balaban J connectivity index is 1.79. The van der Waals surface area contributed by atoms with Crippen molar-refractivity contribution in [3.8, 4) is 0 Å². The van der Waals surface area contributed by atoms with E-state index >= 15 is 0 Å². The zero-order valence-electron chi connectivity index (χ0n) is 13.8. The molecule has 0 aliphatic carbocycles. The highest BCUT2D eigenvalue weighted by atomic mass is 35.5. The van der Waals surface area contributed by atoms with Crippen LogP contribution < -0.4 is 10.6 Å². The molecule has 138 valence electrons. The second kappa shape index (κ2) is 7.82. The fourth-order valence-corrected chi connectivity index (χ4v) is 4.28. The van der Waals surface area contributed by atoms with Crippen molar-refractivity contribution in [2.24, 2.45) is 0 Å². The highest BCUT2D eigenvalue weighted by Crippen LogP contribution is 2.36. The molecule has 27 heavy (non-hydrogen) atoms. The highest BCUT2D eigenvalue weighted by molar-refractivity contribution is 7.80. The van der Waals surface area contributed by atoms with E-state index in [0.717, 1.165) is 15.6 Å². The van der Waals surface area contributed by atoms with Gasteiger partial charge >= 0.3 is 5.97 Å². The average Bonchev–Trinajstić information content (AvgIpc) is 2.92. The van der Waals surface area contributed by atoms with Crippen LogP contribution >= 0.6 is 46.8 Å². The molecule has 0 saturated heterocycles. The van der Waals surface area contributed by atoms with Gasteiger partial charge in [-0.3, -0.25) is 10.1 Å². The second-order valence-electron chi connectivity index (χ2n) is 5.63. The molecular weight excluding hydrogens is 427 g/mol. The lowest BCUT2D eigenvalue weighted by molar-refractivity contribution is 0.0696. The van der Waals surface area contributed by atoms with E-state index in [2.05, 4.69) is 10.6 Å². The Bertz CT molecular complexity index is 1100. The van der Waals surface area contributed by atoms with Gasteiger partial charge in [0.1, 0.15) is 4.88 Å². The number of thiocarbonyl (C=S) groups is 1. The third-order valence-electron chi connectivity index (χ3n) is 3.76. The second-order valence-corrected chi connectivity index (χ2v) is 7.90. The minimum absolute atomic E-state index is 0.0391. The number of anilines is 1. The third-order valence-corrected chi connectivity index (χ3v) is 5.85. The van der Waals surface area contributed by atoms with Gasteiger partial charge in [-0.05, 0) is 49.0 Å². The average molecular weight is 439 g/mol. The molecule has 5 nitrogen and oxygen atoms in total. The largest absolute Gasteiger partial charge is 0.478 e. The van der Waals surface area contributed by atoms with Crippen LogP contribution in [-0.4, -0.2) is 22.1 Å². The van der Waals surface area contributed by atoms with Gasteiger partial charge in [-0.2, -0.15) is 0 Å². The molecule has 1 heterocycles. The molecule has 1 aromatic heterocycles. The van der Waals surface area contributed by atoms with Crippen molar-refractivity contribution in [3.05, 3.63) is 62.4 Å². The summed E-state index contributed by atoms with van der Waals surface area (Å²) in [5.41, 5.74) is 1.39. The first-order chi connectivity index (χ1) is 12.8. The van der Waals surface area contributed by atoms with E-state index in [0.29, 0.717) is 20.6 Å². The lowest BCUT2D eigenvalue weighted by Crippen LogP contribution is -2.34. The maximum Gasteiger partial charge on any atom is 0.335 e.